The highest BCUT2D eigenvalue weighted by molar-refractivity contribution is 5.81. The molecule has 1 rings (SSSR count). The highest BCUT2D eigenvalue weighted by atomic mass is 15.9. The minimum atomic E-state index is 0.469. The van der Waals surface area contributed by atoms with Crippen molar-refractivity contribution in [1.82, 2.24) is 15.7 Å². The third kappa shape index (κ3) is 0.786. The molecule has 0 amide bonds. The second-order valence-corrected chi connectivity index (χ2v) is 1.73. The molecule has 1 saturated heterocycles. The molecule has 8 heavy (non-hydrogen) atoms. The van der Waals surface area contributed by atoms with Crippen LogP contribution in [0, 0.1) is 5.41 Å². The van der Waals surface area contributed by atoms with Gasteiger partial charge in [-0.3, -0.25) is 16.3 Å². The summed E-state index contributed by atoms with van der Waals surface area (Å²) in [4.78, 5) is 0. The third-order valence-electron chi connectivity index (χ3n) is 1.00. The number of likely N-dealkylation sites (N-methyl/N-ethyl adjacent to an activating group) is 1. The Morgan fingerprint density at radius 3 is 2.62 bits per heavy atom. The van der Waals surface area contributed by atoms with Crippen molar-refractivity contribution in [3.8, 4) is 0 Å². The van der Waals surface area contributed by atoms with Gasteiger partial charge < -0.3 is 0 Å². The maximum atomic E-state index is 7.13. The lowest BCUT2D eigenvalue weighted by molar-refractivity contribution is 0.158. The largest absolute Gasteiger partial charge is 0.286 e. The Bertz CT molecular complexity index is 110. The first-order valence-electron chi connectivity index (χ1n) is 2.30. The Kier molecular flexibility index (Phi) is 1.16. The van der Waals surface area contributed by atoms with Gasteiger partial charge in [0.25, 0.3) is 0 Å². The first-order valence-corrected chi connectivity index (χ1v) is 2.30. The van der Waals surface area contributed by atoms with Crippen molar-refractivity contribution in [2.24, 2.45) is 5.84 Å². The van der Waals surface area contributed by atoms with Crippen LogP contribution in [0.15, 0.2) is 0 Å². The Balaban J connectivity index is 2.51. The highest BCUT2D eigenvalue weighted by Crippen LogP contribution is 1.89. The van der Waals surface area contributed by atoms with Crippen molar-refractivity contribution in [2.45, 2.75) is 0 Å². The van der Waals surface area contributed by atoms with Crippen molar-refractivity contribution in [2.75, 3.05) is 13.6 Å². The zero-order chi connectivity index (χ0) is 6.15. The molecule has 0 aromatic heterocycles. The van der Waals surface area contributed by atoms with Crippen LogP contribution < -0.4 is 11.4 Å². The summed E-state index contributed by atoms with van der Waals surface area (Å²) < 4.78 is 0. The van der Waals surface area contributed by atoms with Gasteiger partial charge in [0.05, 0.1) is 6.54 Å². The summed E-state index contributed by atoms with van der Waals surface area (Å²) in [5, 5.41) is 10.0. The zero-order valence-corrected chi connectivity index (χ0v) is 4.68. The molecule has 5 nitrogen and oxygen atoms in total. The van der Waals surface area contributed by atoms with Crippen molar-refractivity contribution in [3.63, 3.8) is 0 Å². The van der Waals surface area contributed by atoms with E-state index in [0.29, 0.717) is 12.4 Å². The number of nitrogens with zero attached hydrogens (tertiary/aromatic N) is 2. The summed E-state index contributed by atoms with van der Waals surface area (Å²) >= 11 is 0. The van der Waals surface area contributed by atoms with E-state index >= 15 is 0 Å². The van der Waals surface area contributed by atoms with Crippen molar-refractivity contribution >= 4 is 5.84 Å². The molecule has 0 aromatic rings. The number of hydrazine groups is 3. The first-order chi connectivity index (χ1) is 3.70. The van der Waals surface area contributed by atoms with E-state index in [1.807, 2.05) is 0 Å². The van der Waals surface area contributed by atoms with E-state index in [9.17, 15) is 0 Å². The Morgan fingerprint density at radius 2 is 2.50 bits per heavy atom. The summed E-state index contributed by atoms with van der Waals surface area (Å²) in [5.41, 5.74) is 2.69. The standard InChI is InChI=1S/C3H9N5/c1-7-3(4)2-8(5)6-7/h4,6H,2,5H2,1H3. The highest BCUT2D eigenvalue weighted by Gasteiger charge is 2.16. The molecule has 0 atom stereocenters. The van der Waals surface area contributed by atoms with Crippen molar-refractivity contribution < 1.29 is 0 Å². The minimum Gasteiger partial charge on any atom is -0.286 e. The molecule has 0 spiro atoms. The van der Waals surface area contributed by atoms with Gasteiger partial charge in [0.1, 0.15) is 5.84 Å². The summed E-state index contributed by atoms with van der Waals surface area (Å²) in [6, 6.07) is 0. The zero-order valence-electron chi connectivity index (χ0n) is 4.68. The maximum Gasteiger partial charge on any atom is 0.129 e. The molecule has 0 unspecified atom stereocenters. The van der Waals surface area contributed by atoms with Gasteiger partial charge in [0.15, 0.2) is 0 Å². The van der Waals surface area contributed by atoms with E-state index in [2.05, 4.69) is 5.53 Å². The van der Waals surface area contributed by atoms with Crippen LogP contribution in [0.25, 0.3) is 0 Å². The Hall–Kier alpha value is -0.650. The van der Waals surface area contributed by atoms with Gasteiger partial charge in [-0.25, -0.2) is 0 Å². The molecule has 0 bridgehead atoms. The van der Waals surface area contributed by atoms with Crippen LogP contribution in [0.3, 0.4) is 0 Å². The van der Waals surface area contributed by atoms with Gasteiger partial charge in [-0.1, -0.05) is 0 Å². The molecule has 1 aliphatic rings. The second-order valence-electron chi connectivity index (χ2n) is 1.73. The van der Waals surface area contributed by atoms with E-state index in [-0.39, 0.29) is 0 Å². The molecule has 5 heteroatoms. The molecule has 1 aliphatic heterocycles. The molecule has 4 N–H and O–H groups in total. The van der Waals surface area contributed by atoms with Crippen LogP contribution >= 0.6 is 0 Å². The number of rotatable bonds is 0. The van der Waals surface area contributed by atoms with Gasteiger partial charge in [-0.15, -0.1) is 0 Å². The molecule has 0 radical (unpaired) electrons. The fourth-order valence-electron chi connectivity index (χ4n) is 0.556. The lowest BCUT2D eigenvalue weighted by Gasteiger charge is -2.09. The van der Waals surface area contributed by atoms with Crippen LogP contribution in [-0.4, -0.2) is 29.6 Å². The van der Waals surface area contributed by atoms with E-state index in [1.54, 1.807) is 12.1 Å². The number of nitrogens with one attached hydrogen (secondary N) is 2. The van der Waals surface area contributed by atoms with Gasteiger partial charge in [-0.05, 0) is 0 Å². The Morgan fingerprint density at radius 1 is 1.88 bits per heavy atom. The van der Waals surface area contributed by atoms with Gasteiger partial charge >= 0.3 is 0 Å². The predicted molar refractivity (Wildman–Crippen MR) is 29.5 cm³/mol. The molecule has 0 aromatic carbocycles. The van der Waals surface area contributed by atoms with E-state index in [0.717, 1.165) is 0 Å². The monoisotopic (exact) mass is 115 g/mol. The summed E-state index contributed by atoms with van der Waals surface area (Å²) in [6.45, 7) is 0.469. The first kappa shape index (κ1) is 5.49. The lowest BCUT2D eigenvalue weighted by Crippen LogP contribution is -2.41. The fraction of sp³-hybridized carbons (Fsp3) is 0.667. The fourth-order valence-corrected chi connectivity index (χ4v) is 0.556. The molecule has 1 heterocycles. The predicted octanol–water partition coefficient (Wildman–Crippen LogP) is -1.50. The van der Waals surface area contributed by atoms with Crippen molar-refractivity contribution in [3.05, 3.63) is 0 Å². The molecule has 0 aliphatic carbocycles. The van der Waals surface area contributed by atoms with Crippen LogP contribution in [0.1, 0.15) is 0 Å². The quantitative estimate of drug-likeness (QED) is 0.336. The number of hydrogen-bond donors (Lipinski definition) is 3. The van der Waals surface area contributed by atoms with Gasteiger partial charge in [0, 0.05) is 7.05 Å². The van der Waals surface area contributed by atoms with E-state index in [1.165, 1.54) is 5.12 Å². The summed E-state index contributed by atoms with van der Waals surface area (Å²) in [5.74, 6) is 5.73. The van der Waals surface area contributed by atoms with Crippen molar-refractivity contribution in [1.29, 1.82) is 5.41 Å². The number of nitrogens with two attached hydrogens (primary N) is 1. The SMILES string of the molecule is CN1NN(N)CC1=N. The van der Waals surface area contributed by atoms with Crippen LogP contribution in [-0.2, 0) is 0 Å². The maximum absolute atomic E-state index is 7.13. The van der Waals surface area contributed by atoms with E-state index in [4.69, 9.17) is 11.3 Å². The Labute approximate surface area is 47.5 Å². The van der Waals surface area contributed by atoms with Crippen LogP contribution in [0.2, 0.25) is 0 Å². The van der Waals surface area contributed by atoms with E-state index < -0.39 is 0 Å². The van der Waals surface area contributed by atoms with Crippen LogP contribution in [0.4, 0.5) is 0 Å². The smallest absolute Gasteiger partial charge is 0.129 e. The average Bonchev–Trinajstić information content (AvgIpc) is 1.85. The second kappa shape index (κ2) is 1.70. The summed E-state index contributed by atoms with van der Waals surface area (Å²) in [7, 11) is 1.75. The molecule has 0 saturated carbocycles. The number of hydrogen-bond acceptors (Lipinski definition) is 4. The minimum absolute atomic E-state index is 0.469. The molecular weight excluding hydrogens is 106 g/mol. The lowest BCUT2D eigenvalue weighted by atomic mass is 10.6. The molecule has 1 fully saturated rings. The summed E-state index contributed by atoms with van der Waals surface area (Å²) in [6.07, 6.45) is 0. The topological polar surface area (TPSA) is 68.4 Å². The average molecular weight is 115 g/mol. The van der Waals surface area contributed by atoms with Gasteiger partial charge in [0.2, 0.25) is 0 Å². The third-order valence-corrected chi connectivity index (χ3v) is 1.00. The number of amidine groups is 1. The normalized spacial score (nSPS) is 22.8. The molecule has 46 valence electrons. The van der Waals surface area contributed by atoms with Crippen LogP contribution in [0.5, 0.6) is 0 Å². The van der Waals surface area contributed by atoms with Gasteiger partial charge in [-0.2, -0.15) is 10.7 Å². The molecular formula is C3H9N5.